The van der Waals surface area contributed by atoms with Crippen LogP contribution in [0.25, 0.3) is 0 Å². The van der Waals surface area contributed by atoms with Gasteiger partial charge in [0.25, 0.3) is 5.91 Å². The third-order valence-corrected chi connectivity index (χ3v) is 4.37. The number of hydrogen-bond donors (Lipinski definition) is 0. The van der Waals surface area contributed by atoms with Crippen molar-refractivity contribution >= 4 is 5.91 Å². The summed E-state index contributed by atoms with van der Waals surface area (Å²) in [5.41, 5.74) is 1.11. The fraction of sp³-hybridized carbons (Fsp3) is 0.421. The maximum absolute atomic E-state index is 12.9. The molecule has 1 atom stereocenters. The minimum atomic E-state index is -0.326. The van der Waals surface area contributed by atoms with Gasteiger partial charge in [-0.3, -0.25) is 4.79 Å². The fourth-order valence-electron chi connectivity index (χ4n) is 3.07. The number of halogens is 1. The first kappa shape index (κ1) is 17.5. The molecule has 0 spiro atoms. The van der Waals surface area contributed by atoms with Gasteiger partial charge < -0.3 is 18.9 Å². The summed E-state index contributed by atoms with van der Waals surface area (Å²) in [6.07, 6.45) is 2.92. The van der Waals surface area contributed by atoms with Crippen LogP contribution in [0.15, 0.2) is 42.6 Å². The average Bonchev–Trinajstić information content (AvgIpc) is 3.10. The Bertz CT molecular complexity index is 699. The molecular formula is C19H23FN2O3. The summed E-state index contributed by atoms with van der Waals surface area (Å²) in [7, 11) is 0. The molecule has 1 aromatic heterocycles. The molecule has 0 aliphatic carbocycles. The van der Waals surface area contributed by atoms with Crippen LogP contribution in [0.4, 0.5) is 4.39 Å². The van der Waals surface area contributed by atoms with Gasteiger partial charge in [-0.1, -0.05) is 0 Å². The highest BCUT2D eigenvalue weighted by atomic mass is 19.1. The number of benzene rings is 1. The predicted molar refractivity (Wildman–Crippen MR) is 91.9 cm³/mol. The zero-order valence-electron chi connectivity index (χ0n) is 14.4. The number of amides is 1. The average molecular weight is 346 g/mol. The van der Waals surface area contributed by atoms with Crippen LogP contribution in [-0.4, -0.2) is 41.7 Å². The van der Waals surface area contributed by atoms with Crippen molar-refractivity contribution in [3.8, 4) is 5.75 Å². The van der Waals surface area contributed by atoms with Crippen molar-refractivity contribution in [1.82, 2.24) is 9.47 Å². The van der Waals surface area contributed by atoms with Gasteiger partial charge in [-0.2, -0.15) is 0 Å². The van der Waals surface area contributed by atoms with Gasteiger partial charge in [0.1, 0.15) is 11.6 Å². The number of ether oxygens (including phenoxy) is 2. The SMILES string of the molecule is CCOCC[C@@H]1CN(C(=O)COc2ccc(F)cc2)Cc2cccn21. The van der Waals surface area contributed by atoms with Crippen molar-refractivity contribution in [2.45, 2.75) is 25.9 Å². The monoisotopic (exact) mass is 346 g/mol. The van der Waals surface area contributed by atoms with Gasteiger partial charge in [0.05, 0.1) is 12.6 Å². The second-order valence-electron chi connectivity index (χ2n) is 6.06. The molecule has 2 heterocycles. The van der Waals surface area contributed by atoms with E-state index in [1.54, 1.807) is 0 Å². The van der Waals surface area contributed by atoms with Crippen molar-refractivity contribution in [1.29, 1.82) is 0 Å². The number of rotatable bonds is 7. The molecule has 134 valence electrons. The Kier molecular flexibility index (Phi) is 5.71. The van der Waals surface area contributed by atoms with Crippen molar-refractivity contribution < 1.29 is 18.7 Å². The normalized spacial score (nSPS) is 16.6. The lowest BCUT2D eigenvalue weighted by Crippen LogP contribution is -2.43. The summed E-state index contributed by atoms with van der Waals surface area (Å²) in [5, 5.41) is 0. The van der Waals surface area contributed by atoms with Gasteiger partial charge in [-0.15, -0.1) is 0 Å². The van der Waals surface area contributed by atoms with Crippen LogP contribution in [0.2, 0.25) is 0 Å². The van der Waals surface area contributed by atoms with Crippen LogP contribution in [0.5, 0.6) is 5.75 Å². The van der Waals surface area contributed by atoms with Gasteiger partial charge >= 0.3 is 0 Å². The number of aromatic nitrogens is 1. The molecule has 0 unspecified atom stereocenters. The van der Waals surface area contributed by atoms with Crippen LogP contribution in [0.3, 0.4) is 0 Å². The van der Waals surface area contributed by atoms with Crippen LogP contribution < -0.4 is 4.74 Å². The Hall–Kier alpha value is -2.34. The van der Waals surface area contributed by atoms with Gasteiger partial charge in [-0.05, 0) is 49.7 Å². The minimum absolute atomic E-state index is 0.0511. The molecule has 6 heteroatoms. The number of carbonyl (C=O) groups excluding carboxylic acids is 1. The molecule has 1 aliphatic heterocycles. The summed E-state index contributed by atoms with van der Waals surface area (Å²) in [4.78, 5) is 14.3. The van der Waals surface area contributed by atoms with Crippen LogP contribution in [-0.2, 0) is 16.1 Å². The molecule has 0 radical (unpaired) electrons. The van der Waals surface area contributed by atoms with E-state index in [2.05, 4.69) is 10.8 Å². The first-order valence-corrected chi connectivity index (χ1v) is 8.57. The van der Waals surface area contributed by atoms with Gasteiger partial charge in [0, 0.05) is 31.6 Å². The highest BCUT2D eigenvalue weighted by Crippen LogP contribution is 2.24. The molecule has 2 aromatic rings. The summed E-state index contributed by atoms with van der Waals surface area (Å²) < 4.78 is 26.1. The molecule has 0 N–H and O–H groups in total. The zero-order chi connectivity index (χ0) is 17.6. The Balaban J connectivity index is 1.60. The second-order valence-corrected chi connectivity index (χ2v) is 6.06. The smallest absolute Gasteiger partial charge is 0.260 e. The Morgan fingerprint density at radius 3 is 2.84 bits per heavy atom. The predicted octanol–water partition coefficient (Wildman–Crippen LogP) is 3.02. The largest absolute Gasteiger partial charge is 0.484 e. The summed E-state index contributed by atoms with van der Waals surface area (Å²) in [6, 6.07) is 9.93. The van der Waals surface area contributed by atoms with E-state index in [9.17, 15) is 9.18 Å². The third-order valence-electron chi connectivity index (χ3n) is 4.37. The summed E-state index contributed by atoms with van der Waals surface area (Å²) >= 11 is 0. The quantitative estimate of drug-likeness (QED) is 0.724. The maximum atomic E-state index is 12.9. The van der Waals surface area contributed by atoms with Gasteiger partial charge in [0.2, 0.25) is 0 Å². The van der Waals surface area contributed by atoms with E-state index in [1.807, 2.05) is 24.0 Å². The standard InChI is InChI=1S/C19H23FN2O3/c1-2-24-11-9-17-13-21(12-16-4-3-10-22(16)17)19(23)14-25-18-7-5-15(20)6-8-18/h3-8,10,17H,2,9,11-14H2,1H3/t17-/m1/s1. The highest BCUT2D eigenvalue weighted by Gasteiger charge is 2.27. The van der Waals surface area contributed by atoms with E-state index in [4.69, 9.17) is 9.47 Å². The molecule has 25 heavy (non-hydrogen) atoms. The van der Waals surface area contributed by atoms with E-state index in [0.717, 1.165) is 12.1 Å². The van der Waals surface area contributed by atoms with E-state index in [0.29, 0.717) is 32.1 Å². The first-order valence-electron chi connectivity index (χ1n) is 8.57. The molecule has 0 saturated carbocycles. The van der Waals surface area contributed by atoms with Crippen molar-refractivity contribution in [2.75, 3.05) is 26.4 Å². The number of carbonyl (C=O) groups is 1. The molecule has 0 saturated heterocycles. The van der Waals surface area contributed by atoms with Crippen molar-refractivity contribution in [3.05, 3.63) is 54.1 Å². The molecule has 0 bridgehead atoms. The molecule has 5 nitrogen and oxygen atoms in total. The summed E-state index contributed by atoms with van der Waals surface area (Å²) in [6.45, 7) is 4.51. The third kappa shape index (κ3) is 4.39. The van der Waals surface area contributed by atoms with E-state index >= 15 is 0 Å². The molecule has 1 aromatic carbocycles. The van der Waals surface area contributed by atoms with E-state index in [-0.39, 0.29) is 24.4 Å². The highest BCUT2D eigenvalue weighted by molar-refractivity contribution is 5.78. The topological polar surface area (TPSA) is 43.7 Å². The first-order chi connectivity index (χ1) is 12.2. The Morgan fingerprint density at radius 2 is 2.08 bits per heavy atom. The van der Waals surface area contributed by atoms with Gasteiger partial charge in [-0.25, -0.2) is 4.39 Å². The number of fused-ring (bicyclic) bond motifs is 1. The fourth-order valence-corrected chi connectivity index (χ4v) is 3.07. The minimum Gasteiger partial charge on any atom is -0.484 e. The van der Waals surface area contributed by atoms with E-state index in [1.165, 1.54) is 24.3 Å². The van der Waals surface area contributed by atoms with Crippen molar-refractivity contribution in [2.24, 2.45) is 0 Å². The summed E-state index contributed by atoms with van der Waals surface area (Å²) in [5.74, 6) is 0.0915. The molecule has 1 aliphatic rings. The molecule has 3 rings (SSSR count). The van der Waals surface area contributed by atoms with Crippen LogP contribution in [0, 0.1) is 5.82 Å². The molecule has 0 fully saturated rings. The van der Waals surface area contributed by atoms with Crippen LogP contribution >= 0.6 is 0 Å². The lowest BCUT2D eigenvalue weighted by Gasteiger charge is -2.35. The van der Waals surface area contributed by atoms with Gasteiger partial charge in [0.15, 0.2) is 6.61 Å². The number of nitrogens with zero attached hydrogens (tertiary/aromatic N) is 2. The maximum Gasteiger partial charge on any atom is 0.260 e. The number of hydrogen-bond acceptors (Lipinski definition) is 3. The molecular weight excluding hydrogens is 323 g/mol. The van der Waals surface area contributed by atoms with Crippen LogP contribution in [0.1, 0.15) is 25.1 Å². The Morgan fingerprint density at radius 1 is 1.28 bits per heavy atom. The second kappa shape index (κ2) is 8.16. The Labute approximate surface area is 147 Å². The zero-order valence-corrected chi connectivity index (χ0v) is 14.4. The lowest BCUT2D eigenvalue weighted by molar-refractivity contribution is -0.135. The lowest BCUT2D eigenvalue weighted by atomic mass is 10.1. The van der Waals surface area contributed by atoms with E-state index < -0.39 is 0 Å². The molecule has 1 amide bonds. The van der Waals surface area contributed by atoms with Crippen molar-refractivity contribution in [3.63, 3.8) is 0 Å².